The van der Waals surface area contributed by atoms with Gasteiger partial charge in [-0.05, 0) is 107 Å². The monoisotopic (exact) mass is 688 g/mol. The highest BCUT2D eigenvalue weighted by atomic mass is 16.3. The van der Waals surface area contributed by atoms with Crippen molar-refractivity contribution in [1.29, 1.82) is 0 Å². The molecule has 0 bridgehead atoms. The number of furan rings is 1. The van der Waals surface area contributed by atoms with Gasteiger partial charge in [-0.1, -0.05) is 172 Å². The van der Waals surface area contributed by atoms with Crippen molar-refractivity contribution >= 4 is 43.3 Å². The summed E-state index contributed by atoms with van der Waals surface area (Å²) in [7, 11) is 0. The molecule has 0 saturated carbocycles. The summed E-state index contributed by atoms with van der Waals surface area (Å²) in [5.74, 6) is 1.01. The SMILES string of the molecule is CC1(C)c2cc(-c3c4ccccc4c(-c4cc(-c5ccc6ccccc6c5)ccc4-c4ccccc4)c4ccccc34)ccc2-c2oc3ccccc3c21. The van der Waals surface area contributed by atoms with Gasteiger partial charge >= 0.3 is 0 Å². The summed E-state index contributed by atoms with van der Waals surface area (Å²) in [6.07, 6.45) is 0. The molecule has 0 fully saturated rings. The van der Waals surface area contributed by atoms with E-state index in [1.807, 2.05) is 0 Å². The summed E-state index contributed by atoms with van der Waals surface area (Å²) in [5.41, 5.74) is 14.4. The molecule has 0 amide bonds. The molecule has 1 aliphatic rings. The summed E-state index contributed by atoms with van der Waals surface area (Å²) in [6.45, 7) is 4.69. The van der Waals surface area contributed by atoms with E-state index in [1.165, 1.54) is 98.9 Å². The second kappa shape index (κ2) is 11.7. The van der Waals surface area contributed by atoms with Gasteiger partial charge in [0.1, 0.15) is 11.3 Å². The van der Waals surface area contributed by atoms with Gasteiger partial charge in [-0.2, -0.15) is 0 Å². The molecular formula is C53H36O. The lowest BCUT2D eigenvalue weighted by Gasteiger charge is -2.23. The minimum atomic E-state index is -0.202. The van der Waals surface area contributed by atoms with E-state index in [0.29, 0.717) is 0 Å². The molecule has 1 aliphatic carbocycles. The highest BCUT2D eigenvalue weighted by molar-refractivity contribution is 6.22. The smallest absolute Gasteiger partial charge is 0.139 e. The van der Waals surface area contributed by atoms with Gasteiger partial charge in [0, 0.05) is 21.9 Å². The van der Waals surface area contributed by atoms with E-state index in [4.69, 9.17) is 4.42 Å². The van der Waals surface area contributed by atoms with Crippen LogP contribution in [0.3, 0.4) is 0 Å². The largest absolute Gasteiger partial charge is 0.456 e. The molecule has 0 spiro atoms. The summed E-state index contributed by atoms with van der Waals surface area (Å²) < 4.78 is 6.53. The molecule has 1 aromatic heterocycles. The molecule has 0 atom stereocenters. The van der Waals surface area contributed by atoms with Crippen LogP contribution in [0, 0.1) is 0 Å². The Kier molecular flexibility index (Phi) is 6.66. The van der Waals surface area contributed by atoms with E-state index in [-0.39, 0.29) is 5.41 Å². The minimum Gasteiger partial charge on any atom is -0.456 e. The first-order valence-corrected chi connectivity index (χ1v) is 18.8. The second-order valence-corrected chi connectivity index (χ2v) is 15.2. The van der Waals surface area contributed by atoms with Gasteiger partial charge in [0.05, 0.1) is 0 Å². The first kappa shape index (κ1) is 30.9. The fourth-order valence-corrected chi connectivity index (χ4v) is 9.30. The quantitative estimate of drug-likeness (QED) is 0.168. The molecule has 0 saturated heterocycles. The first-order chi connectivity index (χ1) is 26.5. The number of para-hydroxylation sites is 1. The Morgan fingerprint density at radius 2 is 0.926 bits per heavy atom. The maximum atomic E-state index is 6.53. The zero-order valence-electron chi connectivity index (χ0n) is 30.2. The van der Waals surface area contributed by atoms with Crippen LogP contribution in [-0.2, 0) is 5.41 Å². The number of hydrogen-bond acceptors (Lipinski definition) is 1. The fourth-order valence-electron chi connectivity index (χ4n) is 9.30. The predicted octanol–water partition coefficient (Wildman–Crippen LogP) is 14.9. The molecule has 0 radical (unpaired) electrons. The lowest BCUT2D eigenvalue weighted by atomic mass is 9.79. The van der Waals surface area contributed by atoms with E-state index in [0.717, 1.165) is 11.3 Å². The van der Waals surface area contributed by atoms with Gasteiger partial charge in [0.25, 0.3) is 0 Å². The maximum absolute atomic E-state index is 6.53. The molecule has 254 valence electrons. The zero-order chi connectivity index (χ0) is 36.0. The molecule has 0 N–H and O–H groups in total. The summed E-state index contributed by atoms with van der Waals surface area (Å²) in [4.78, 5) is 0. The van der Waals surface area contributed by atoms with Crippen LogP contribution in [0.25, 0.3) is 99.1 Å². The predicted molar refractivity (Wildman–Crippen MR) is 228 cm³/mol. The Hall–Kier alpha value is -6.70. The first-order valence-electron chi connectivity index (χ1n) is 18.8. The van der Waals surface area contributed by atoms with Gasteiger partial charge in [-0.3, -0.25) is 0 Å². The summed E-state index contributed by atoms with van der Waals surface area (Å²) in [6, 6.07) is 66.8. The van der Waals surface area contributed by atoms with Crippen LogP contribution in [0.5, 0.6) is 0 Å². The molecule has 0 aliphatic heterocycles. The van der Waals surface area contributed by atoms with Gasteiger partial charge in [-0.25, -0.2) is 0 Å². The van der Waals surface area contributed by atoms with Crippen LogP contribution in [-0.4, -0.2) is 0 Å². The lowest BCUT2D eigenvalue weighted by molar-refractivity contribution is 0.619. The molecule has 1 heterocycles. The lowest BCUT2D eigenvalue weighted by Crippen LogP contribution is -2.15. The Morgan fingerprint density at radius 1 is 0.370 bits per heavy atom. The van der Waals surface area contributed by atoms with Gasteiger partial charge in [-0.15, -0.1) is 0 Å². The number of hydrogen-bond donors (Lipinski definition) is 0. The molecule has 10 aromatic rings. The number of benzene rings is 9. The van der Waals surface area contributed by atoms with Gasteiger partial charge in [0.2, 0.25) is 0 Å². The molecule has 54 heavy (non-hydrogen) atoms. The van der Waals surface area contributed by atoms with Crippen LogP contribution in [0.4, 0.5) is 0 Å². The maximum Gasteiger partial charge on any atom is 0.139 e. The van der Waals surface area contributed by atoms with E-state index in [2.05, 4.69) is 196 Å². The van der Waals surface area contributed by atoms with E-state index in [9.17, 15) is 0 Å². The molecule has 9 aromatic carbocycles. The topological polar surface area (TPSA) is 13.1 Å². The zero-order valence-corrected chi connectivity index (χ0v) is 30.2. The second-order valence-electron chi connectivity index (χ2n) is 15.2. The van der Waals surface area contributed by atoms with Gasteiger partial charge < -0.3 is 4.42 Å². The molecule has 1 nitrogen and oxygen atoms in total. The molecule has 1 heteroatoms. The van der Waals surface area contributed by atoms with Crippen molar-refractivity contribution in [3.63, 3.8) is 0 Å². The molecule has 0 unspecified atom stereocenters. The normalized spacial score (nSPS) is 13.1. The van der Waals surface area contributed by atoms with Crippen LogP contribution >= 0.6 is 0 Å². The van der Waals surface area contributed by atoms with E-state index < -0.39 is 0 Å². The average molecular weight is 689 g/mol. The number of rotatable bonds is 4. The summed E-state index contributed by atoms with van der Waals surface area (Å²) in [5, 5.41) is 8.70. The van der Waals surface area contributed by atoms with Crippen molar-refractivity contribution in [1.82, 2.24) is 0 Å². The highest BCUT2D eigenvalue weighted by Gasteiger charge is 2.40. The van der Waals surface area contributed by atoms with Crippen LogP contribution < -0.4 is 0 Å². The van der Waals surface area contributed by atoms with Crippen molar-refractivity contribution in [2.75, 3.05) is 0 Å². The minimum absolute atomic E-state index is 0.202. The van der Waals surface area contributed by atoms with Crippen LogP contribution in [0.2, 0.25) is 0 Å². The Morgan fingerprint density at radius 3 is 1.67 bits per heavy atom. The Balaban J connectivity index is 1.17. The number of fused-ring (bicyclic) bond motifs is 8. The Labute approximate surface area is 314 Å². The highest BCUT2D eigenvalue weighted by Crippen LogP contribution is 2.55. The molecule has 11 rings (SSSR count). The third-order valence-electron chi connectivity index (χ3n) is 11.8. The van der Waals surface area contributed by atoms with E-state index in [1.54, 1.807) is 0 Å². The van der Waals surface area contributed by atoms with E-state index >= 15 is 0 Å². The van der Waals surface area contributed by atoms with Crippen molar-refractivity contribution in [2.45, 2.75) is 19.3 Å². The van der Waals surface area contributed by atoms with Crippen molar-refractivity contribution < 1.29 is 4.42 Å². The third-order valence-corrected chi connectivity index (χ3v) is 11.8. The standard InChI is InChI=1S/C53H36O/c1-53(2)47-32-38(27-29-44(47)52-51(53)45-22-12-13-23-48(45)54-52)49-40-18-8-10-20-42(40)50(43-21-11-9-19-41(43)49)46-31-37(26-28-39(46)34-15-4-3-5-16-34)36-25-24-33-14-6-7-17-35(33)30-36/h3-32H,1-2H3. The van der Waals surface area contributed by atoms with Crippen molar-refractivity contribution in [2.24, 2.45) is 0 Å². The van der Waals surface area contributed by atoms with Crippen LogP contribution in [0.1, 0.15) is 25.0 Å². The molecular weight excluding hydrogens is 653 g/mol. The average Bonchev–Trinajstić information content (AvgIpc) is 3.72. The van der Waals surface area contributed by atoms with Crippen molar-refractivity contribution in [3.8, 4) is 55.8 Å². The van der Waals surface area contributed by atoms with Crippen molar-refractivity contribution in [3.05, 3.63) is 193 Å². The summed E-state index contributed by atoms with van der Waals surface area (Å²) >= 11 is 0. The van der Waals surface area contributed by atoms with Gasteiger partial charge in [0.15, 0.2) is 0 Å². The fraction of sp³-hybridized carbons (Fsp3) is 0.0566. The Bertz CT molecular complexity index is 3070. The van der Waals surface area contributed by atoms with Crippen LogP contribution in [0.15, 0.2) is 186 Å². The third kappa shape index (κ3) is 4.52.